The highest BCUT2D eigenvalue weighted by Gasteiger charge is 2.57. The molecule has 8 rings (SSSR count). The lowest BCUT2D eigenvalue weighted by Crippen LogP contribution is -2.64. The average molecular weight is 760 g/mol. The van der Waals surface area contributed by atoms with Crippen LogP contribution in [0.25, 0.3) is 0 Å². The van der Waals surface area contributed by atoms with Gasteiger partial charge in [0.05, 0.1) is 45.2 Å². The normalized spacial score (nSPS) is 28.6. The first kappa shape index (κ1) is 38.2. The number of hydrogen-bond donors (Lipinski definition) is 1. The van der Waals surface area contributed by atoms with E-state index < -0.39 is 44.3 Å². The number of fused-ring (bicyclic) bond motifs is 6. The summed E-state index contributed by atoms with van der Waals surface area (Å²) in [7, 11) is -0.547. The third kappa shape index (κ3) is 7.84. The van der Waals surface area contributed by atoms with Crippen LogP contribution in [0, 0.1) is 6.92 Å². The molecule has 4 aliphatic heterocycles. The van der Waals surface area contributed by atoms with Crippen molar-refractivity contribution in [3.05, 3.63) is 128 Å². The maximum absolute atomic E-state index is 13.2. The SMILES string of the molecule is COc1ccc(C(OC[C@H]2O[C@@H](n3cc(C)c(=O)[nH]c3=O)C[C@@H]2O[Si]23OC(C)CN(CC(C)O2)CC(C)O3)(c2ccccc2)c2ccc(OC)cc2)cc1. The topological polar surface area (TPSA) is 132 Å². The van der Waals surface area contributed by atoms with Crippen LogP contribution in [0.4, 0.5) is 0 Å². The monoisotopic (exact) mass is 759 g/mol. The smallest absolute Gasteiger partial charge is 0.497 e. The molecule has 0 radical (unpaired) electrons. The van der Waals surface area contributed by atoms with Crippen LogP contribution in [0.1, 0.15) is 55.7 Å². The molecule has 2 bridgehead atoms. The lowest BCUT2D eigenvalue weighted by Gasteiger charge is -2.45. The predicted octanol–water partition coefficient (Wildman–Crippen LogP) is 4.52. The largest absolute Gasteiger partial charge is 0.680 e. The van der Waals surface area contributed by atoms with E-state index in [9.17, 15) is 9.59 Å². The first-order chi connectivity index (χ1) is 26.0. The summed E-state index contributed by atoms with van der Waals surface area (Å²) >= 11 is 0. The summed E-state index contributed by atoms with van der Waals surface area (Å²) < 4.78 is 53.2. The molecule has 6 atom stereocenters. The number of hydrogen-bond acceptors (Lipinski definition) is 11. The standard InChI is InChI=1S/C40H49N3O10Si/c1-26-21-43(39(45)41-38(26)44)37-20-35(53-54-50-27(2)22-42(23-28(3)51-54)24-29(4)52-54)36(49-37)25-48-40(30-10-8-7-9-11-30,31-12-16-33(46-5)17-13-31)32-14-18-34(47-6)19-15-32/h7-19,21,27-29,35-37H,20,22-25H2,1-6H3,(H,41,44,45)/t27?,28?,29?,35-,36+,37+,54?/m0/s1. The van der Waals surface area contributed by atoms with Gasteiger partial charge in [0.1, 0.15) is 29.4 Å². The van der Waals surface area contributed by atoms with Crippen LogP contribution >= 0.6 is 0 Å². The van der Waals surface area contributed by atoms with E-state index in [0.717, 1.165) is 16.7 Å². The van der Waals surface area contributed by atoms with Crippen molar-refractivity contribution in [2.75, 3.05) is 40.5 Å². The number of aromatic amines is 1. The summed E-state index contributed by atoms with van der Waals surface area (Å²) in [6.07, 6.45) is -1.13. The van der Waals surface area contributed by atoms with Crippen LogP contribution in [-0.2, 0) is 32.8 Å². The highest BCUT2D eigenvalue weighted by molar-refractivity contribution is 6.53. The molecule has 1 aromatic heterocycles. The number of H-pyrrole nitrogens is 1. The lowest BCUT2D eigenvalue weighted by molar-refractivity contribution is -0.153. The van der Waals surface area contributed by atoms with Gasteiger partial charge in [-0.25, -0.2) is 4.79 Å². The van der Waals surface area contributed by atoms with Crippen molar-refractivity contribution in [2.45, 2.75) is 76.5 Å². The molecular formula is C40H49N3O10Si. The number of nitrogens with one attached hydrogen (secondary N) is 1. The number of nitrogens with zero attached hydrogens (tertiary/aromatic N) is 2. The summed E-state index contributed by atoms with van der Waals surface area (Å²) in [5.41, 5.74) is 0.776. The molecule has 4 saturated heterocycles. The maximum Gasteiger partial charge on any atom is 0.680 e. The van der Waals surface area contributed by atoms with Crippen LogP contribution in [0.3, 0.4) is 0 Å². The van der Waals surface area contributed by atoms with E-state index in [4.69, 9.17) is 36.7 Å². The lowest BCUT2D eigenvalue weighted by atomic mass is 9.80. The van der Waals surface area contributed by atoms with E-state index in [1.165, 1.54) is 10.8 Å². The number of aromatic nitrogens is 2. The highest BCUT2D eigenvalue weighted by Crippen LogP contribution is 2.43. The summed E-state index contributed by atoms with van der Waals surface area (Å²) in [6, 6.07) is 25.6. The summed E-state index contributed by atoms with van der Waals surface area (Å²) in [5, 5.41) is 0. The zero-order valence-electron chi connectivity index (χ0n) is 31.6. The van der Waals surface area contributed by atoms with Gasteiger partial charge in [-0.05, 0) is 68.7 Å². The van der Waals surface area contributed by atoms with Crippen LogP contribution in [0.2, 0.25) is 0 Å². The van der Waals surface area contributed by atoms with Crippen molar-refractivity contribution in [3.63, 3.8) is 0 Å². The Kier molecular flexibility index (Phi) is 11.3. The minimum absolute atomic E-state index is 0.0180. The third-order valence-corrected chi connectivity index (χ3v) is 12.8. The van der Waals surface area contributed by atoms with Crippen LogP contribution in [-0.4, -0.2) is 94.5 Å². The van der Waals surface area contributed by atoms with Gasteiger partial charge in [0, 0.05) is 37.8 Å². The fourth-order valence-corrected chi connectivity index (χ4v) is 10.4. The van der Waals surface area contributed by atoms with Gasteiger partial charge >= 0.3 is 14.7 Å². The van der Waals surface area contributed by atoms with Gasteiger partial charge in [-0.2, -0.15) is 0 Å². The highest BCUT2D eigenvalue weighted by atomic mass is 28.4. The molecule has 3 unspecified atom stereocenters. The number of rotatable bonds is 11. The van der Waals surface area contributed by atoms with Gasteiger partial charge in [-0.15, -0.1) is 0 Å². The van der Waals surface area contributed by atoms with Gasteiger partial charge in [-0.1, -0.05) is 54.6 Å². The first-order valence-corrected chi connectivity index (χ1v) is 20.0. The minimum atomic E-state index is -3.81. The van der Waals surface area contributed by atoms with E-state index in [-0.39, 0.29) is 31.3 Å². The van der Waals surface area contributed by atoms with E-state index in [1.54, 1.807) is 21.1 Å². The molecule has 14 heteroatoms. The van der Waals surface area contributed by atoms with Crippen molar-refractivity contribution in [2.24, 2.45) is 0 Å². The molecule has 54 heavy (non-hydrogen) atoms. The van der Waals surface area contributed by atoms with E-state index in [2.05, 4.69) is 9.88 Å². The molecule has 4 aromatic rings. The van der Waals surface area contributed by atoms with Crippen LogP contribution in [0.15, 0.2) is 94.6 Å². The van der Waals surface area contributed by atoms with Crippen molar-refractivity contribution in [3.8, 4) is 11.5 Å². The maximum atomic E-state index is 13.2. The van der Waals surface area contributed by atoms with Gasteiger partial charge < -0.3 is 36.7 Å². The molecule has 0 amide bonds. The molecule has 5 heterocycles. The number of benzene rings is 3. The van der Waals surface area contributed by atoms with Crippen molar-refractivity contribution in [1.29, 1.82) is 0 Å². The van der Waals surface area contributed by atoms with Gasteiger partial charge in [0.15, 0.2) is 0 Å². The molecule has 13 nitrogen and oxygen atoms in total. The Morgan fingerprint density at radius 3 is 1.81 bits per heavy atom. The molecule has 0 aliphatic carbocycles. The number of aryl methyl sites for hydroxylation is 1. The minimum Gasteiger partial charge on any atom is -0.497 e. The zero-order valence-corrected chi connectivity index (χ0v) is 32.6. The third-order valence-electron chi connectivity index (χ3n) is 10.2. The van der Waals surface area contributed by atoms with Gasteiger partial charge in [0.25, 0.3) is 5.56 Å². The van der Waals surface area contributed by atoms with E-state index >= 15 is 0 Å². The Morgan fingerprint density at radius 1 is 0.778 bits per heavy atom. The van der Waals surface area contributed by atoms with Crippen molar-refractivity contribution >= 4 is 9.05 Å². The number of ether oxygens (including phenoxy) is 4. The Balaban J connectivity index is 1.31. The molecule has 4 fully saturated rings. The van der Waals surface area contributed by atoms with Crippen molar-refractivity contribution < 1.29 is 36.7 Å². The summed E-state index contributed by atoms with van der Waals surface area (Å²) in [4.78, 5) is 30.3. The Labute approximate surface area is 316 Å². The molecule has 1 N–H and O–H groups in total. The summed E-state index contributed by atoms with van der Waals surface area (Å²) in [6.45, 7) is 9.78. The van der Waals surface area contributed by atoms with Crippen LogP contribution in [0.5, 0.6) is 11.5 Å². The second-order valence-electron chi connectivity index (χ2n) is 14.3. The quantitative estimate of drug-likeness (QED) is 0.171. The molecular weight excluding hydrogens is 711 g/mol. The average Bonchev–Trinajstić information content (AvgIpc) is 3.54. The predicted molar refractivity (Wildman–Crippen MR) is 202 cm³/mol. The molecule has 288 valence electrons. The Hall–Kier alpha value is -4.12. The van der Waals surface area contributed by atoms with Crippen LogP contribution < -0.4 is 20.7 Å². The van der Waals surface area contributed by atoms with Crippen molar-refractivity contribution in [1.82, 2.24) is 14.5 Å². The second kappa shape index (κ2) is 15.9. The fourth-order valence-electron chi connectivity index (χ4n) is 7.74. The van der Waals surface area contributed by atoms with Gasteiger partial charge in [0.2, 0.25) is 0 Å². The summed E-state index contributed by atoms with van der Waals surface area (Å²) in [5.74, 6) is 1.41. The Bertz CT molecular complexity index is 1910. The molecule has 3 aromatic carbocycles. The van der Waals surface area contributed by atoms with E-state index in [1.807, 2.05) is 99.6 Å². The zero-order chi connectivity index (χ0) is 38.0. The van der Waals surface area contributed by atoms with Gasteiger partial charge in [-0.3, -0.25) is 19.2 Å². The molecule has 0 saturated carbocycles. The molecule has 0 spiro atoms. The second-order valence-corrected chi connectivity index (χ2v) is 16.3. The first-order valence-electron chi connectivity index (χ1n) is 18.4. The Morgan fingerprint density at radius 2 is 1.30 bits per heavy atom. The van der Waals surface area contributed by atoms with E-state index in [0.29, 0.717) is 36.7 Å². The fraction of sp³-hybridized carbons (Fsp3) is 0.450. The molecule has 4 aliphatic rings. The number of methoxy groups -OCH3 is 2.